The van der Waals surface area contributed by atoms with Crippen molar-refractivity contribution in [3.63, 3.8) is 0 Å². The maximum atomic E-state index is 3.99. The standard InChI is InChI=1S/C8H18N2.C4H4N2/c1-8(2,3)10-6-4-9-5-7-10;1-4-3(6-4)2-5-4/h9H,4-7H2,1-3H3;2H,1H3. The van der Waals surface area contributed by atoms with Crippen molar-refractivity contribution in [3.05, 3.63) is 0 Å². The van der Waals surface area contributed by atoms with Gasteiger partial charge in [0, 0.05) is 31.7 Å². The van der Waals surface area contributed by atoms with Gasteiger partial charge in [-0.05, 0) is 27.7 Å². The molecule has 3 rings (SSSR count). The van der Waals surface area contributed by atoms with Crippen LogP contribution in [0.4, 0.5) is 0 Å². The van der Waals surface area contributed by atoms with Crippen molar-refractivity contribution >= 4 is 11.9 Å². The van der Waals surface area contributed by atoms with Crippen LogP contribution >= 0.6 is 0 Å². The molecule has 0 saturated carbocycles. The van der Waals surface area contributed by atoms with E-state index in [2.05, 4.69) is 41.0 Å². The van der Waals surface area contributed by atoms with Crippen LogP contribution in [0.25, 0.3) is 0 Å². The van der Waals surface area contributed by atoms with Crippen LogP contribution in [0.15, 0.2) is 9.98 Å². The smallest absolute Gasteiger partial charge is 0.191 e. The SMILES string of the molecule is CC(C)(C)N1CCNCC1.CC12N=CC1=N2. The number of hydrogen-bond acceptors (Lipinski definition) is 4. The number of piperazine rings is 1. The maximum absolute atomic E-state index is 3.99. The van der Waals surface area contributed by atoms with E-state index in [0.29, 0.717) is 5.54 Å². The molecule has 0 spiro atoms. The van der Waals surface area contributed by atoms with Gasteiger partial charge in [-0.3, -0.25) is 9.89 Å². The molecule has 4 heteroatoms. The predicted molar refractivity (Wildman–Crippen MR) is 68.5 cm³/mol. The summed E-state index contributed by atoms with van der Waals surface area (Å²) in [5, 5.41) is 3.35. The van der Waals surface area contributed by atoms with Crippen molar-refractivity contribution in [3.8, 4) is 0 Å². The van der Waals surface area contributed by atoms with Gasteiger partial charge in [-0.15, -0.1) is 0 Å². The molecule has 0 aromatic rings. The lowest BCUT2D eigenvalue weighted by molar-refractivity contribution is 0.119. The first-order valence-electron chi connectivity index (χ1n) is 6.03. The molecule has 1 fully saturated rings. The van der Waals surface area contributed by atoms with Crippen LogP contribution in [0.2, 0.25) is 0 Å². The molecule has 16 heavy (non-hydrogen) atoms. The van der Waals surface area contributed by atoms with Gasteiger partial charge in [0.05, 0.1) is 6.21 Å². The van der Waals surface area contributed by atoms with Crippen molar-refractivity contribution in [2.24, 2.45) is 9.98 Å². The van der Waals surface area contributed by atoms with Crippen molar-refractivity contribution < 1.29 is 0 Å². The average Bonchev–Trinajstić information content (AvgIpc) is 2.71. The highest BCUT2D eigenvalue weighted by Gasteiger charge is 2.46. The molecule has 1 atom stereocenters. The normalized spacial score (nSPS) is 31.9. The molecule has 3 aliphatic heterocycles. The topological polar surface area (TPSA) is 40.0 Å². The predicted octanol–water partition coefficient (Wildman–Crippen LogP) is 0.932. The molecule has 1 unspecified atom stereocenters. The Hall–Kier alpha value is -0.740. The first-order valence-corrected chi connectivity index (χ1v) is 6.03. The molecule has 0 aromatic carbocycles. The van der Waals surface area contributed by atoms with E-state index in [1.165, 1.54) is 18.8 Å². The second-order valence-corrected chi connectivity index (χ2v) is 5.68. The lowest BCUT2D eigenvalue weighted by atomic mass is 10.1. The third-order valence-corrected chi connectivity index (χ3v) is 3.28. The van der Waals surface area contributed by atoms with E-state index in [9.17, 15) is 0 Å². The van der Waals surface area contributed by atoms with E-state index < -0.39 is 0 Å². The molecule has 3 heterocycles. The number of nitrogens with one attached hydrogen (secondary N) is 1. The van der Waals surface area contributed by atoms with Crippen LogP contribution in [-0.2, 0) is 0 Å². The third kappa shape index (κ3) is 2.50. The van der Waals surface area contributed by atoms with Gasteiger partial charge in [-0.1, -0.05) is 0 Å². The summed E-state index contributed by atoms with van der Waals surface area (Å²) in [5.41, 5.74) is 1.53. The van der Waals surface area contributed by atoms with E-state index >= 15 is 0 Å². The van der Waals surface area contributed by atoms with Gasteiger partial charge in [-0.25, -0.2) is 4.99 Å². The average molecular weight is 222 g/mol. The monoisotopic (exact) mass is 222 g/mol. The maximum Gasteiger partial charge on any atom is 0.191 e. The Kier molecular flexibility index (Phi) is 2.88. The largest absolute Gasteiger partial charge is 0.314 e. The van der Waals surface area contributed by atoms with Gasteiger partial charge < -0.3 is 5.32 Å². The van der Waals surface area contributed by atoms with Crippen LogP contribution < -0.4 is 5.32 Å². The fourth-order valence-corrected chi connectivity index (χ4v) is 1.91. The van der Waals surface area contributed by atoms with Crippen molar-refractivity contribution in [2.75, 3.05) is 26.2 Å². The number of fused-ring (bicyclic) bond motifs is 1. The van der Waals surface area contributed by atoms with E-state index in [-0.39, 0.29) is 5.66 Å². The number of rotatable bonds is 0. The van der Waals surface area contributed by atoms with Crippen LogP contribution in [0.5, 0.6) is 0 Å². The summed E-state index contributed by atoms with van der Waals surface area (Å²) in [4.78, 5) is 10.5. The molecule has 0 amide bonds. The van der Waals surface area contributed by atoms with Crippen LogP contribution in [0, 0.1) is 0 Å². The lowest BCUT2D eigenvalue weighted by Gasteiger charge is -2.38. The Morgan fingerprint density at radius 3 is 2.06 bits per heavy atom. The second-order valence-electron chi connectivity index (χ2n) is 5.68. The van der Waals surface area contributed by atoms with E-state index in [1.54, 1.807) is 6.21 Å². The molecule has 3 aliphatic rings. The Labute approximate surface area is 97.8 Å². The minimum Gasteiger partial charge on any atom is -0.314 e. The molecule has 1 N–H and O–H groups in total. The van der Waals surface area contributed by atoms with Gasteiger partial charge in [0.2, 0.25) is 0 Å². The molecule has 90 valence electrons. The number of nitrogens with zero attached hydrogens (tertiary/aromatic N) is 3. The Bertz CT molecular complexity index is 316. The Morgan fingerprint density at radius 2 is 1.88 bits per heavy atom. The molecular weight excluding hydrogens is 200 g/mol. The molecule has 0 radical (unpaired) electrons. The summed E-state index contributed by atoms with van der Waals surface area (Å²) in [6, 6.07) is 0. The van der Waals surface area contributed by atoms with Gasteiger partial charge in [0.15, 0.2) is 5.66 Å². The zero-order valence-corrected chi connectivity index (χ0v) is 10.7. The van der Waals surface area contributed by atoms with Crippen molar-refractivity contribution in [1.29, 1.82) is 0 Å². The van der Waals surface area contributed by atoms with Crippen molar-refractivity contribution in [1.82, 2.24) is 10.2 Å². The molecule has 0 aromatic heterocycles. The summed E-state index contributed by atoms with van der Waals surface area (Å²) >= 11 is 0. The Morgan fingerprint density at radius 1 is 1.31 bits per heavy atom. The molecule has 0 bridgehead atoms. The number of hydrogen-bond donors (Lipinski definition) is 1. The van der Waals surface area contributed by atoms with Crippen LogP contribution in [0.3, 0.4) is 0 Å². The van der Waals surface area contributed by atoms with Crippen LogP contribution in [-0.4, -0.2) is 54.2 Å². The van der Waals surface area contributed by atoms with Gasteiger partial charge in [0.25, 0.3) is 0 Å². The lowest BCUT2D eigenvalue weighted by Crippen LogP contribution is -2.51. The minimum atomic E-state index is 0. The Balaban J connectivity index is 0.000000134. The summed E-state index contributed by atoms with van der Waals surface area (Å²) in [7, 11) is 0. The van der Waals surface area contributed by atoms with Crippen molar-refractivity contribution in [2.45, 2.75) is 38.9 Å². The molecule has 1 saturated heterocycles. The molecule has 4 nitrogen and oxygen atoms in total. The van der Waals surface area contributed by atoms with Gasteiger partial charge in [0.1, 0.15) is 5.71 Å². The fourth-order valence-electron chi connectivity index (χ4n) is 1.91. The zero-order chi connectivity index (χ0) is 11.8. The first kappa shape index (κ1) is 11.7. The summed E-state index contributed by atoms with van der Waals surface area (Å²) in [5.74, 6) is 0. The van der Waals surface area contributed by atoms with E-state index in [1.807, 2.05) is 6.92 Å². The highest BCUT2D eigenvalue weighted by atomic mass is 15.3. The first-order chi connectivity index (χ1) is 7.42. The van der Waals surface area contributed by atoms with Gasteiger partial charge >= 0.3 is 0 Å². The highest BCUT2D eigenvalue weighted by Crippen LogP contribution is 2.33. The second kappa shape index (κ2) is 3.93. The zero-order valence-electron chi connectivity index (χ0n) is 10.7. The fraction of sp³-hybridized carbons (Fsp3) is 0.833. The minimum absolute atomic E-state index is 0. The highest BCUT2D eigenvalue weighted by molar-refractivity contribution is 6.46. The quantitative estimate of drug-likeness (QED) is 0.662. The van der Waals surface area contributed by atoms with Crippen LogP contribution in [0.1, 0.15) is 27.7 Å². The van der Waals surface area contributed by atoms with Gasteiger partial charge in [-0.2, -0.15) is 0 Å². The molecule has 0 aliphatic carbocycles. The van der Waals surface area contributed by atoms with E-state index in [4.69, 9.17) is 0 Å². The molecular formula is C12H22N4. The number of aliphatic imine (C=N–C) groups is 2. The third-order valence-electron chi connectivity index (χ3n) is 3.28. The summed E-state index contributed by atoms with van der Waals surface area (Å²) < 4.78 is 0. The van der Waals surface area contributed by atoms with E-state index in [0.717, 1.165) is 13.1 Å². The summed E-state index contributed by atoms with van der Waals surface area (Å²) in [6.45, 7) is 13.5. The summed E-state index contributed by atoms with van der Waals surface area (Å²) in [6.07, 6.45) is 1.81.